The molecule has 0 aliphatic carbocycles. The molecule has 3 heteroatoms. The second-order valence-electron chi connectivity index (χ2n) is 4.45. The second kappa shape index (κ2) is 5.15. The SMILES string of the molecule is Cc1ccc(CCC(O)c2nc[nH]c2C)cc1. The number of nitrogens with zero attached hydrogens (tertiary/aromatic N) is 1. The molecule has 0 bridgehead atoms. The summed E-state index contributed by atoms with van der Waals surface area (Å²) in [6.45, 7) is 4.00. The lowest BCUT2D eigenvalue weighted by Gasteiger charge is -2.09. The fourth-order valence-electron chi connectivity index (χ4n) is 1.90. The maximum Gasteiger partial charge on any atom is 0.0981 e. The van der Waals surface area contributed by atoms with Crippen molar-refractivity contribution in [3.63, 3.8) is 0 Å². The third-order valence-corrected chi connectivity index (χ3v) is 3.01. The first-order valence-electron chi connectivity index (χ1n) is 5.90. The Kier molecular flexibility index (Phi) is 3.59. The topological polar surface area (TPSA) is 48.9 Å². The van der Waals surface area contributed by atoms with E-state index in [1.54, 1.807) is 6.33 Å². The summed E-state index contributed by atoms with van der Waals surface area (Å²) in [5, 5.41) is 10.0. The second-order valence-corrected chi connectivity index (χ2v) is 4.45. The van der Waals surface area contributed by atoms with E-state index in [0.29, 0.717) is 6.42 Å². The van der Waals surface area contributed by atoms with E-state index < -0.39 is 6.10 Å². The minimum absolute atomic E-state index is 0.484. The Labute approximate surface area is 102 Å². The Balaban J connectivity index is 1.94. The zero-order chi connectivity index (χ0) is 12.3. The molecule has 0 spiro atoms. The van der Waals surface area contributed by atoms with Crippen molar-refractivity contribution in [3.05, 3.63) is 53.1 Å². The highest BCUT2D eigenvalue weighted by atomic mass is 16.3. The molecule has 1 aromatic heterocycles. The van der Waals surface area contributed by atoms with Crippen molar-refractivity contribution in [2.24, 2.45) is 0 Å². The van der Waals surface area contributed by atoms with E-state index in [1.807, 2.05) is 6.92 Å². The van der Waals surface area contributed by atoms with Crippen molar-refractivity contribution >= 4 is 0 Å². The van der Waals surface area contributed by atoms with Gasteiger partial charge >= 0.3 is 0 Å². The molecule has 0 radical (unpaired) electrons. The van der Waals surface area contributed by atoms with Gasteiger partial charge in [-0.15, -0.1) is 0 Å². The fraction of sp³-hybridized carbons (Fsp3) is 0.357. The van der Waals surface area contributed by atoms with Crippen LogP contribution in [-0.4, -0.2) is 15.1 Å². The van der Waals surface area contributed by atoms with E-state index in [9.17, 15) is 5.11 Å². The van der Waals surface area contributed by atoms with Crippen molar-refractivity contribution in [2.75, 3.05) is 0 Å². The molecule has 17 heavy (non-hydrogen) atoms. The number of rotatable bonds is 4. The quantitative estimate of drug-likeness (QED) is 0.848. The summed E-state index contributed by atoms with van der Waals surface area (Å²) in [7, 11) is 0. The van der Waals surface area contributed by atoms with Gasteiger partial charge in [-0.05, 0) is 32.3 Å². The Hall–Kier alpha value is -1.61. The van der Waals surface area contributed by atoms with Crippen molar-refractivity contribution in [2.45, 2.75) is 32.8 Å². The molecule has 2 N–H and O–H groups in total. The normalized spacial score (nSPS) is 12.6. The van der Waals surface area contributed by atoms with E-state index in [2.05, 4.69) is 41.2 Å². The zero-order valence-corrected chi connectivity index (χ0v) is 10.3. The number of aliphatic hydroxyl groups excluding tert-OH is 1. The van der Waals surface area contributed by atoms with Crippen LogP contribution in [0.5, 0.6) is 0 Å². The Morgan fingerprint density at radius 3 is 2.53 bits per heavy atom. The summed E-state index contributed by atoms with van der Waals surface area (Å²) in [6.07, 6.45) is 2.71. The van der Waals surface area contributed by atoms with Crippen LogP contribution >= 0.6 is 0 Å². The summed E-state index contributed by atoms with van der Waals surface area (Å²) >= 11 is 0. The van der Waals surface area contributed by atoms with E-state index in [4.69, 9.17) is 0 Å². The van der Waals surface area contributed by atoms with Crippen molar-refractivity contribution in [1.82, 2.24) is 9.97 Å². The van der Waals surface area contributed by atoms with Gasteiger partial charge in [0.2, 0.25) is 0 Å². The molecule has 0 saturated heterocycles. The van der Waals surface area contributed by atoms with Crippen LogP contribution < -0.4 is 0 Å². The van der Waals surface area contributed by atoms with Crippen LogP contribution in [-0.2, 0) is 6.42 Å². The Bertz CT molecular complexity index is 473. The van der Waals surface area contributed by atoms with Gasteiger partial charge in [-0.25, -0.2) is 4.98 Å². The van der Waals surface area contributed by atoms with Crippen LogP contribution in [0.3, 0.4) is 0 Å². The first-order chi connectivity index (χ1) is 8.16. The van der Waals surface area contributed by atoms with Crippen LogP contribution in [0.1, 0.15) is 35.0 Å². The first kappa shape index (κ1) is 11.9. The van der Waals surface area contributed by atoms with Crippen LogP contribution in [0.4, 0.5) is 0 Å². The van der Waals surface area contributed by atoms with Gasteiger partial charge in [-0.3, -0.25) is 0 Å². The van der Waals surface area contributed by atoms with Crippen molar-refractivity contribution in [1.29, 1.82) is 0 Å². The molecule has 1 aromatic carbocycles. The summed E-state index contributed by atoms with van der Waals surface area (Å²) < 4.78 is 0. The number of aromatic nitrogens is 2. The average Bonchev–Trinajstić information content (AvgIpc) is 2.74. The number of aryl methyl sites for hydroxylation is 3. The Morgan fingerprint density at radius 2 is 1.94 bits per heavy atom. The summed E-state index contributed by atoms with van der Waals surface area (Å²) in [4.78, 5) is 7.12. The van der Waals surface area contributed by atoms with Crippen LogP contribution in [0, 0.1) is 13.8 Å². The number of benzene rings is 1. The van der Waals surface area contributed by atoms with Gasteiger partial charge in [0, 0.05) is 5.69 Å². The molecule has 0 aliphatic heterocycles. The lowest BCUT2D eigenvalue weighted by Crippen LogP contribution is -2.02. The summed E-state index contributed by atoms with van der Waals surface area (Å²) in [5.41, 5.74) is 4.22. The number of aromatic amines is 1. The highest BCUT2D eigenvalue weighted by Crippen LogP contribution is 2.19. The molecule has 1 heterocycles. The Morgan fingerprint density at radius 1 is 1.24 bits per heavy atom. The number of hydrogen-bond acceptors (Lipinski definition) is 2. The molecule has 1 unspecified atom stereocenters. The van der Waals surface area contributed by atoms with Gasteiger partial charge in [0.1, 0.15) is 0 Å². The molecule has 90 valence electrons. The highest BCUT2D eigenvalue weighted by molar-refractivity contribution is 5.22. The standard InChI is InChI=1S/C14H18N2O/c1-10-3-5-12(6-4-10)7-8-13(17)14-11(2)15-9-16-14/h3-6,9,13,17H,7-8H2,1-2H3,(H,15,16). The smallest absolute Gasteiger partial charge is 0.0981 e. The van der Waals surface area contributed by atoms with Gasteiger partial charge in [-0.1, -0.05) is 29.8 Å². The molecule has 0 aliphatic rings. The van der Waals surface area contributed by atoms with E-state index in [1.165, 1.54) is 11.1 Å². The van der Waals surface area contributed by atoms with E-state index in [0.717, 1.165) is 17.8 Å². The van der Waals surface area contributed by atoms with Crippen molar-refractivity contribution in [3.8, 4) is 0 Å². The van der Waals surface area contributed by atoms with Gasteiger partial charge in [-0.2, -0.15) is 0 Å². The predicted octanol–water partition coefficient (Wildman–Crippen LogP) is 2.69. The third-order valence-electron chi connectivity index (χ3n) is 3.01. The molecule has 2 rings (SSSR count). The van der Waals surface area contributed by atoms with E-state index in [-0.39, 0.29) is 0 Å². The minimum atomic E-state index is -0.484. The highest BCUT2D eigenvalue weighted by Gasteiger charge is 2.12. The lowest BCUT2D eigenvalue weighted by atomic mass is 10.0. The predicted molar refractivity (Wildman–Crippen MR) is 67.8 cm³/mol. The fourth-order valence-corrected chi connectivity index (χ4v) is 1.90. The molecular weight excluding hydrogens is 212 g/mol. The van der Waals surface area contributed by atoms with E-state index >= 15 is 0 Å². The third kappa shape index (κ3) is 2.94. The monoisotopic (exact) mass is 230 g/mol. The van der Waals surface area contributed by atoms with Crippen LogP contribution in [0.2, 0.25) is 0 Å². The molecule has 0 saturated carbocycles. The molecule has 2 aromatic rings. The summed E-state index contributed by atoms with van der Waals surface area (Å²) in [6, 6.07) is 8.42. The van der Waals surface area contributed by atoms with Crippen LogP contribution in [0.15, 0.2) is 30.6 Å². The number of aliphatic hydroxyl groups is 1. The number of hydrogen-bond donors (Lipinski definition) is 2. The number of nitrogens with one attached hydrogen (secondary N) is 1. The van der Waals surface area contributed by atoms with Gasteiger partial charge in [0.25, 0.3) is 0 Å². The van der Waals surface area contributed by atoms with Gasteiger partial charge in [0.15, 0.2) is 0 Å². The molecule has 0 fully saturated rings. The lowest BCUT2D eigenvalue weighted by molar-refractivity contribution is 0.163. The first-order valence-corrected chi connectivity index (χ1v) is 5.90. The van der Waals surface area contributed by atoms with Crippen LogP contribution in [0.25, 0.3) is 0 Å². The molecule has 1 atom stereocenters. The average molecular weight is 230 g/mol. The maximum atomic E-state index is 10.0. The minimum Gasteiger partial charge on any atom is -0.387 e. The maximum absolute atomic E-state index is 10.0. The molecule has 3 nitrogen and oxygen atoms in total. The van der Waals surface area contributed by atoms with Gasteiger partial charge < -0.3 is 10.1 Å². The largest absolute Gasteiger partial charge is 0.387 e. The number of H-pyrrole nitrogens is 1. The molecule has 0 amide bonds. The molecular formula is C14H18N2O. The van der Waals surface area contributed by atoms with Crippen molar-refractivity contribution < 1.29 is 5.11 Å². The number of imidazole rings is 1. The summed E-state index contributed by atoms with van der Waals surface area (Å²) in [5.74, 6) is 0. The van der Waals surface area contributed by atoms with Gasteiger partial charge in [0.05, 0.1) is 18.1 Å². The zero-order valence-electron chi connectivity index (χ0n) is 10.3.